The Labute approximate surface area is 160 Å². The van der Waals surface area contributed by atoms with Gasteiger partial charge >= 0.3 is 0 Å². The molecule has 2 unspecified atom stereocenters. The third-order valence-electron chi connectivity index (χ3n) is 4.66. The molecule has 0 saturated carbocycles. The van der Waals surface area contributed by atoms with Crippen LogP contribution in [0.25, 0.3) is 10.8 Å². The van der Waals surface area contributed by atoms with Crippen LogP contribution in [0, 0.1) is 5.82 Å². The smallest absolute Gasteiger partial charge is 0.123 e. The Morgan fingerprint density at radius 3 is 2.12 bits per heavy atom. The van der Waals surface area contributed by atoms with Gasteiger partial charge in [-0.05, 0) is 46.5 Å². The first-order chi connectivity index (χ1) is 11.0. The van der Waals surface area contributed by atoms with Crippen molar-refractivity contribution in [2.45, 2.75) is 24.9 Å². The second-order valence-electron chi connectivity index (χ2n) is 5.99. The van der Waals surface area contributed by atoms with Gasteiger partial charge in [0.2, 0.25) is 0 Å². The molecule has 3 aromatic carbocycles. The van der Waals surface area contributed by atoms with E-state index in [9.17, 15) is 4.39 Å². The highest BCUT2D eigenvalue weighted by Gasteiger charge is 2.33. The lowest BCUT2D eigenvalue weighted by Gasteiger charge is -2.35. The Morgan fingerprint density at radius 1 is 0.920 bits per heavy atom. The van der Waals surface area contributed by atoms with Crippen LogP contribution in [0.5, 0.6) is 0 Å². The van der Waals surface area contributed by atoms with E-state index in [1.54, 1.807) is 12.1 Å². The molecule has 2 nitrogen and oxygen atoms in total. The molecule has 3 rings (SSSR count). The Balaban J connectivity index is 0.00000156. The molecule has 0 aliphatic heterocycles. The largest absolute Gasteiger partial charge is 0.322 e. The van der Waals surface area contributed by atoms with Crippen LogP contribution in [0.15, 0.2) is 66.7 Å². The molecular weight excluding hydrogens is 358 g/mol. The van der Waals surface area contributed by atoms with Crippen LogP contribution in [0.2, 0.25) is 0 Å². The van der Waals surface area contributed by atoms with Gasteiger partial charge in [-0.1, -0.05) is 55.5 Å². The molecule has 0 aliphatic carbocycles. The summed E-state index contributed by atoms with van der Waals surface area (Å²) in [5.41, 5.74) is 14.3. The zero-order chi connectivity index (χ0) is 16.4. The number of halogens is 3. The Bertz CT molecular complexity index is 823. The summed E-state index contributed by atoms with van der Waals surface area (Å²) in [4.78, 5) is 0. The third-order valence-corrected chi connectivity index (χ3v) is 4.66. The molecule has 25 heavy (non-hydrogen) atoms. The standard InChI is InChI=1S/C20H21FN2.2ClH/c1-2-20(23,19(22)15-8-11-18(21)12-9-15)17-10-7-14-5-3-4-6-16(14)13-17;;/h3-13,19H,2,22-23H2,1H3;2*1H. The van der Waals surface area contributed by atoms with Crippen LogP contribution in [-0.4, -0.2) is 0 Å². The second-order valence-corrected chi connectivity index (χ2v) is 5.99. The van der Waals surface area contributed by atoms with Crippen LogP contribution in [-0.2, 0) is 5.54 Å². The molecule has 0 saturated heterocycles. The molecule has 0 aromatic heterocycles. The topological polar surface area (TPSA) is 52.0 Å². The van der Waals surface area contributed by atoms with E-state index in [2.05, 4.69) is 24.3 Å². The first kappa shape index (κ1) is 21.4. The van der Waals surface area contributed by atoms with Crippen LogP contribution < -0.4 is 11.5 Å². The van der Waals surface area contributed by atoms with Gasteiger partial charge in [-0.2, -0.15) is 0 Å². The number of rotatable bonds is 4. The van der Waals surface area contributed by atoms with E-state index in [1.807, 2.05) is 25.1 Å². The summed E-state index contributed by atoms with van der Waals surface area (Å²) in [7, 11) is 0. The fourth-order valence-electron chi connectivity index (χ4n) is 3.05. The lowest BCUT2D eigenvalue weighted by Crippen LogP contribution is -2.46. The number of hydrogen-bond donors (Lipinski definition) is 2. The minimum absolute atomic E-state index is 0. The van der Waals surface area contributed by atoms with Gasteiger partial charge in [0.1, 0.15) is 5.82 Å². The predicted molar refractivity (Wildman–Crippen MR) is 108 cm³/mol. The zero-order valence-electron chi connectivity index (χ0n) is 14.0. The van der Waals surface area contributed by atoms with E-state index in [-0.39, 0.29) is 30.6 Å². The van der Waals surface area contributed by atoms with Gasteiger partial charge < -0.3 is 11.5 Å². The van der Waals surface area contributed by atoms with Gasteiger partial charge in [-0.25, -0.2) is 4.39 Å². The fourth-order valence-corrected chi connectivity index (χ4v) is 3.05. The van der Waals surface area contributed by atoms with Gasteiger partial charge in [0.15, 0.2) is 0 Å². The minimum atomic E-state index is -0.706. The Morgan fingerprint density at radius 2 is 1.52 bits per heavy atom. The van der Waals surface area contributed by atoms with Crippen molar-refractivity contribution in [2.75, 3.05) is 0 Å². The summed E-state index contributed by atoms with van der Waals surface area (Å²) >= 11 is 0. The summed E-state index contributed by atoms with van der Waals surface area (Å²) < 4.78 is 13.2. The van der Waals surface area contributed by atoms with E-state index >= 15 is 0 Å². The van der Waals surface area contributed by atoms with Crippen LogP contribution in [0.3, 0.4) is 0 Å². The van der Waals surface area contributed by atoms with Crippen molar-refractivity contribution in [3.05, 3.63) is 83.7 Å². The Kier molecular flexibility index (Phi) is 7.39. The van der Waals surface area contributed by atoms with Crippen molar-refractivity contribution in [2.24, 2.45) is 11.5 Å². The number of fused-ring (bicyclic) bond motifs is 1. The van der Waals surface area contributed by atoms with E-state index in [0.29, 0.717) is 6.42 Å². The maximum Gasteiger partial charge on any atom is 0.123 e. The third kappa shape index (κ3) is 4.13. The number of nitrogens with two attached hydrogens (primary N) is 2. The minimum Gasteiger partial charge on any atom is -0.322 e. The first-order valence-corrected chi connectivity index (χ1v) is 7.84. The van der Waals surface area contributed by atoms with Gasteiger partial charge in [-0.3, -0.25) is 0 Å². The molecule has 3 aromatic rings. The molecule has 0 heterocycles. The van der Waals surface area contributed by atoms with Gasteiger partial charge in [0.05, 0.1) is 11.6 Å². The van der Waals surface area contributed by atoms with Crippen molar-refractivity contribution in [1.82, 2.24) is 0 Å². The molecule has 0 bridgehead atoms. The highest BCUT2D eigenvalue weighted by atomic mass is 35.5. The molecule has 134 valence electrons. The van der Waals surface area contributed by atoms with E-state index in [4.69, 9.17) is 11.5 Å². The quantitative estimate of drug-likeness (QED) is 0.662. The first-order valence-electron chi connectivity index (χ1n) is 7.84. The van der Waals surface area contributed by atoms with Gasteiger partial charge in [-0.15, -0.1) is 24.8 Å². The number of hydrogen-bond acceptors (Lipinski definition) is 2. The predicted octanol–water partition coefficient (Wildman–Crippen LogP) is 5.09. The Hall–Kier alpha value is -1.65. The van der Waals surface area contributed by atoms with E-state index in [0.717, 1.165) is 16.5 Å². The zero-order valence-corrected chi connectivity index (χ0v) is 15.6. The normalized spacial score (nSPS) is 14.1. The van der Waals surface area contributed by atoms with E-state index < -0.39 is 11.6 Å². The van der Waals surface area contributed by atoms with Gasteiger partial charge in [0, 0.05) is 0 Å². The van der Waals surface area contributed by atoms with Gasteiger partial charge in [0.25, 0.3) is 0 Å². The monoisotopic (exact) mass is 380 g/mol. The average molecular weight is 381 g/mol. The summed E-state index contributed by atoms with van der Waals surface area (Å²) in [5, 5.41) is 2.31. The highest BCUT2D eigenvalue weighted by Crippen LogP contribution is 2.35. The summed E-state index contributed by atoms with van der Waals surface area (Å²) in [6.07, 6.45) is 0.684. The molecule has 0 radical (unpaired) electrons. The van der Waals surface area contributed by atoms with Crippen molar-refractivity contribution in [3.63, 3.8) is 0 Å². The maximum atomic E-state index is 13.2. The van der Waals surface area contributed by atoms with Crippen LogP contribution in [0.4, 0.5) is 4.39 Å². The van der Waals surface area contributed by atoms with Crippen molar-refractivity contribution < 1.29 is 4.39 Å². The SMILES string of the molecule is CCC(N)(c1ccc2ccccc2c1)C(N)c1ccc(F)cc1.Cl.Cl. The molecule has 4 N–H and O–H groups in total. The van der Waals surface area contributed by atoms with Crippen molar-refractivity contribution >= 4 is 35.6 Å². The average Bonchev–Trinajstić information content (AvgIpc) is 2.60. The molecule has 2 atom stereocenters. The fraction of sp³-hybridized carbons (Fsp3) is 0.200. The molecule has 0 aliphatic rings. The van der Waals surface area contributed by atoms with Crippen LogP contribution >= 0.6 is 24.8 Å². The van der Waals surface area contributed by atoms with Crippen molar-refractivity contribution in [3.8, 4) is 0 Å². The summed E-state index contributed by atoms with van der Waals surface area (Å²) in [6, 6.07) is 20.2. The lowest BCUT2D eigenvalue weighted by atomic mass is 9.78. The second kappa shape index (κ2) is 8.63. The van der Waals surface area contributed by atoms with Crippen molar-refractivity contribution in [1.29, 1.82) is 0 Å². The van der Waals surface area contributed by atoms with E-state index in [1.165, 1.54) is 17.5 Å². The molecule has 0 spiro atoms. The summed E-state index contributed by atoms with van der Waals surface area (Å²) in [6.45, 7) is 2.03. The molecule has 5 heteroatoms. The lowest BCUT2D eigenvalue weighted by molar-refractivity contribution is 0.347. The molecule has 0 amide bonds. The highest BCUT2D eigenvalue weighted by molar-refractivity contribution is 5.85. The summed E-state index contributed by atoms with van der Waals surface area (Å²) in [5.74, 6) is -0.272. The maximum absolute atomic E-state index is 13.2. The molecule has 0 fully saturated rings. The number of benzene rings is 3. The molecular formula is C20H23Cl2FN2. The van der Waals surface area contributed by atoms with Crippen LogP contribution in [0.1, 0.15) is 30.5 Å².